The molecule has 2 aromatic rings. The Kier molecular flexibility index (Phi) is 6.82. The quantitative estimate of drug-likeness (QED) is 0.737. The molecule has 3 rings (SSSR count). The van der Waals surface area contributed by atoms with Crippen LogP contribution in [0.25, 0.3) is 0 Å². The smallest absolute Gasteiger partial charge is 0.243 e. The number of hydrogen-bond donors (Lipinski definition) is 1. The van der Waals surface area contributed by atoms with Crippen LogP contribution in [0.5, 0.6) is 5.75 Å². The summed E-state index contributed by atoms with van der Waals surface area (Å²) in [5.74, 6) is -0.0453. The molecule has 156 valence electrons. The van der Waals surface area contributed by atoms with E-state index in [9.17, 15) is 13.2 Å². The number of nitrogens with one attached hydrogen (secondary N) is 1. The second-order valence-electron chi connectivity index (χ2n) is 7.31. The first-order valence-corrected chi connectivity index (χ1v) is 11.4. The molecule has 0 aliphatic carbocycles. The molecular formula is C21H25ClN2O4S. The minimum atomic E-state index is -3.67. The zero-order valence-electron chi connectivity index (χ0n) is 16.5. The van der Waals surface area contributed by atoms with Crippen molar-refractivity contribution >= 4 is 33.2 Å². The topological polar surface area (TPSA) is 75.7 Å². The molecule has 29 heavy (non-hydrogen) atoms. The Hall–Kier alpha value is -2.09. The number of benzene rings is 2. The van der Waals surface area contributed by atoms with Gasteiger partial charge in [0.05, 0.1) is 22.6 Å². The zero-order chi connectivity index (χ0) is 21.0. The molecule has 0 bridgehead atoms. The summed E-state index contributed by atoms with van der Waals surface area (Å²) >= 11 is 5.86. The van der Waals surface area contributed by atoms with Gasteiger partial charge in [-0.3, -0.25) is 4.79 Å². The van der Waals surface area contributed by atoms with Crippen LogP contribution in [0.4, 0.5) is 5.69 Å². The maximum Gasteiger partial charge on any atom is 0.243 e. The first-order valence-electron chi connectivity index (χ1n) is 9.59. The van der Waals surface area contributed by atoms with Gasteiger partial charge in [0.1, 0.15) is 5.75 Å². The molecular weight excluding hydrogens is 412 g/mol. The molecule has 8 heteroatoms. The Balaban J connectivity index is 1.72. The molecule has 2 aromatic carbocycles. The predicted octanol–water partition coefficient (Wildman–Crippen LogP) is 4.17. The van der Waals surface area contributed by atoms with Gasteiger partial charge in [-0.1, -0.05) is 23.7 Å². The van der Waals surface area contributed by atoms with Gasteiger partial charge in [0.2, 0.25) is 15.9 Å². The Morgan fingerprint density at radius 1 is 1.17 bits per heavy atom. The van der Waals surface area contributed by atoms with Crippen molar-refractivity contribution in [2.45, 2.75) is 37.7 Å². The highest BCUT2D eigenvalue weighted by atomic mass is 35.5. The normalized spacial score (nSPS) is 17.9. The van der Waals surface area contributed by atoms with Crippen molar-refractivity contribution in [1.29, 1.82) is 0 Å². The molecule has 1 saturated heterocycles. The van der Waals surface area contributed by atoms with Crippen molar-refractivity contribution in [1.82, 2.24) is 4.31 Å². The Bertz CT molecular complexity index is 961. The van der Waals surface area contributed by atoms with E-state index in [0.29, 0.717) is 35.8 Å². The lowest BCUT2D eigenvalue weighted by Crippen LogP contribution is -2.43. The van der Waals surface area contributed by atoms with Gasteiger partial charge in [-0.05, 0) is 63.1 Å². The van der Waals surface area contributed by atoms with Crippen molar-refractivity contribution in [3.8, 4) is 5.75 Å². The minimum absolute atomic E-state index is 0.0252. The number of carbonyl (C=O) groups excluding carboxylic acids is 1. The molecule has 0 unspecified atom stereocenters. The lowest BCUT2D eigenvalue weighted by atomic mass is 9.98. The molecule has 1 aliphatic rings. The van der Waals surface area contributed by atoms with E-state index in [4.69, 9.17) is 16.3 Å². The summed E-state index contributed by atoms with van der Waals surface area (Å²) in [7, 11) is -3.67. The Morgan fingerprint density at radius 3 is 2.55 bits per heavy atom. The van der Waals surface area contributed by atoms with Crippen molar-refractivity contribution in [2.75, 3.05) is 18.4 Å². The van der Waals surface area contributed by atoms with Crippen molar-refractivity contribution in [3.63, 3.8) is 0 Å². The van der Waals surface area contributed by atoms with Crippen LogP contribution >= 0.6 is 11.6 Å². The first-order chi connectivity index (χ1) is 13.8. The number of anilines is 1. The molecule has 1 heterocycles. The van der Waals surface area contributed by atoms with Gasteiger partial charge in [-0.15, -0.1) is 0 Å². The van der Waals surface area contributed by atoms with Crippen molar-refractivity contribution < 1.29 is 17.9 Å². The summed E-state index contributed by atoms with van der Waals surface area (Å²) in [5, 5.41) is 3.38. The van der Waals surface area contributed by atoms with Gasteiger partial charge >= 0.3 is 0 Å². The standard InChI is InChI=1S/C21H25ClN2O4S/c1-15(2)28-20-8-4-3-7-19(20)23-21(25)16-6-5-13-24(14-16)29(26,27)18-11-9-17(22)10-12-18/h3-4,7-12,15-16H,5-6,13-14H2,1-2H3,(H,23,25)/t16-/m0/s1. The Labute approximate surface area is 176 Å². The number of rotatable bonds is 6. The second-order valence-corrected chi connectivity index (χ2v) is 9.68. The largest absolute Gasteiger partial charge is 0.489 e. The minimum Gasteiger partial charge on any atom is -0.489 e. The van der Waals surface area contributed by atoms with Crippen LogP contribution in [0.3, 0.4) is 0 Å². The van der Waals surface area contributed by atoms with Crippen molar-refractivity contribution in [2.24, 2.45) is 5.92 Å². The number of hydrogen-bond acceptors (Lipinski definition) is 4. The molecule has 1 atom stereocenters. The molecule has 0 radical (unpaired) electrons. The molecule has 0 spiro atoms. The molecule has 1 N–H and O–H groups in total. The number of piperidine rings is 1. The van der Waals surface area contributed by atoms with Crippen LogP contribution < -0.4 is 10.1 Å². The fourth-order valence-corrected chi connectivity index (χ4v) is 4.94. The third-order valence-electron chi connectivity index (χ3n) is 4.71. The third-order valence-corrected chi connectivity index (χ3v) is 6.85. The summed E-state index contributed by atoms with van der Waals surface area (Å²) in [4.78, 5) is 13.0. The average Bonchev–Trinajstić information content (AvgIpc) is 2.69. The van der Waals surface area contributed by atoms with E-state index >= 15 is 0 Å². The summed E-state index contributed by atoms with van der Waals surface area (Å²) in [5.41, 5.74) is 0.587. The number of sulfonamides is 1. The van der Waals surface area contributed by atoms with Crippen LogP contribution in [0.15, 0.2) is 53.4 Å². The number of carbonyl (C=O) groups is 1. The monoisotopic (exact) mass is 436 g/mol. The fraction of sp³-hybridized carbons (Fsp3) is 0.381. The fourth-order valence-electron chi connectivity index (χ4n) is 3.29. The van der Waals surface area contributed by atoms with E-state index in [1.807, 2.05) is 26.0 Å². The van der Waals surface area contributed by atoms with Crippen LogP contribution in [-0.4, -0.2) is 37.8 Å². The molecule has 0 saturated carbocycles. The average molecular weight is 437 g/mol. The van der Waals surface area contributed by atoms with Crippen molar-refractivity contribution in [3.05, 3.63) is 53.6 Å². The summed E-state index contributed by atoms with van der Waals surface area (Å²) in [6, 6.07) is 13.3. The van der Waals surface area contributed by atoms with Gasteiger partial charge in [0, 0.05) is 18.1 Å². The Morgan fingerprint density at radius 2 is 1.86 bits per heavy atom. The molecule has 1 aliphatic heterocycles. The van der Waals surface area contributed by atoms with E-state index < -0.39 is 15.9 Å². The highest BCUT2D eigenvalue weighted by Gasteiger charge is 2.33. The lowest BCUT2D eigenvalue weighted by Gasteiger charge is -2.31. The van der Waals surface area contributed by atoms with Gasteiger partial charge in [-0.25, -0.2) is 8.42 Å². The van der Waals surface area contributed by atoms with Crippen LogP contribution in [0.1, 0.15) is 26.7 Å². The SMILES string of the molecule is CC(C)Oc1ccccc1NC(=O)[C@H]1CCCN(S(=O)(=O)c2ccc(Cl)cc2)C1. The summed E-state index contributed by atoms with van der Waals surface area (Å²) in [6.07, 6.45) is 1.23. The summed E-state index contributed by atoms with van der Waals surface area (Å²) in [6.45, 7) is 4.37. The highest BCUT2D eigenvalue weighted by molar-refractivity contribution is 7.89. The van der Waals surface area contributed by atoms with Crippen LogP contribution in [0, 0.1) is 5.92 Å². The lowest BCUT2D eigenvalue weighted by molar-refractivity contribution is -0.120. The third kappa shape index (κ3) is 5.29. The van der Waals surface area contributed by atoms with E-state index in [2.05, 4.69) is 5.32 Å². The van der Waals surface area contributed by atoms with E-state index in [0.717, 1.165) is 0 Å². The molecule has 1 amide bonds. The molecule has 0 aromatic heterocycles. The van der Waals surface area contributed by atoms with E-state index in [1.54, 1.807) is 24.3 Å². The number of ether oxygens (including phenoxy) is 1. The van der Waals surface area contributed by atoms with Gasteiger partial charge < -0.3 is 10.1 Å². The second kappa shape index (κ2) is 9.15. The van der Waals surface area contributed by atoms with Crippen LogP contribution in [-0.2, 0) is 14.8 Å². The molecule has 1 fully saturated rings. The summed E-state index contributed by atoms with van der Waals surface area (Å²) < 4.78 is 33.0. The number of para-hydroxylation sites is 2. The van der Waals surface area contributed by atoms with Crippen LogP contribution in [0.2, 0.25) is 5.02 Å². The predicted molar refractivity (Wildman–Crippen MR) is 114 cm³/mol. The van der Waals surface area contributed by atoms with Gasteiger partial charge in [-0.2, -0.15) is 4.31 Å². The number of nitrogens with zero attached hydrogens (tertiary/aromatic N) is 1. The maximum atomic E-state index is 12.9. The zero-order valence-corrected chi connectivity index (χ0v) is 18.0. The van der Waals surface area contributed by atoms with E-state index in [-0.39, 0.29) is 23.5 Å². The number of amides is 1. The highest BCUT2D eigenvalue weighted by Crippen LogP contribution is 2.28. The molecule has 6 nitrogen and oxygen atoms in total. The van der Waals surface area contributed by atoms with Gasteiger partial charge in [0.15, 0.2) is 0 Å². The van der Waals surface area contributed by atoms with Gasteiger partial charge in [0.25, 0.3) is 0 Å². The van der Waals surface area contributed by atoms with E-state index in [1.165, 1.54) is 16.4 Å². The maximum absolute atomic E-state index is 12.9. The number of halogens is 1. The first kappa shape index (κ1) is 21.6.